The topological polar surface area (TPSA) is 164 Å². The standard InChI is InChI=1S/C39H42N6O5S/c40-33-11-1-2-12-34(33)44-37(48)14-4-3-13-36(47)41-22-27-7-5-8-29(19-27)30-9-6-10-31(20-30)38-49-32(24-51-39-42-25-43-45-39)21-35(50-38)28-17-15-26(23-46)16-18-28/h1-2,5-12,15-20,25,32,35,38,46H,3-4,13-14,21-24,40H2,(H,41,47)(H,44,48)(H,42,43,45)/t32-,35+,38+/m1/s1. The predicted molar refractivity (Wildman–Crippen MR) is 197 cm³/mol. The number of amides is 2. The van der Waals surface area contributed by atoms with Crippen LogP contribution in [0, 0.1) is 0 Å². The Hall–Kier alpha value is -5.01. The van der Waals surface area contributed by atoms with Crippen molar-refractivity contribution in [1.82, 2.24) is 20.5 Å². The molecule has 1 fully saturated rings. The van der Waals surface area contributed by atoms with Crippen LogP contribution in [0.1, 0.15) is 66.8 Å². The van der Waals surface area contributed by atoms with Crippen molar-refractivity contribution in [1.29, 1.82) is 0 Å². The summed E-state index contributed by atoms with van der Waals surface area (Å²) in [6.07, 6.45) is 3.14. The van der Waals surface area contributed by atoms with E-state index in [1.807, 2.05) is 66.7 Å². The minimum atomic E-state index is -0.591. The summed E-state index contributed by atoms with van der Waals surface area (Å²) in [4.78, 5) is 29.1. The molecule has 11 nitrogen and oxygen atoms in total. The lowest BCUT2D eigenvalue weighted by molar-refractivity contribution is -0.245. The number of carbonyl (C=O) groups excluding carboxylic acids is 2. The lowest BCUT2D eigenvalue weighted by atomic mass is 9.99. The fourth-order valence-electron chi connectivity index (χ4n) is 5.87. The van der Waals surface area contributed by atoms with Crippen molar-refractivity contribution in [2.24, 2.45) is 0 Å². The fraction of sp³-hybridized carbons (Fsp3) is 0.282. The van der Waals surface area contributed by atoms with E-state index in [4.69, 9.17) is 15.2 Å². The molecular formula is C39H42N6O5S. The lowest BCUT2D eigenvalue weighted by Gasteiger charge is -2.36. The predicted octanol–water partition coefficient (Wildman–Crippen LogP) is 6.70. The summed E-state index contributed by atoms with van der Waals surface area (Å²) in [5.74, 6) is 0.497. The number of nitrogens with zero attached hydrogens (tertiary/aromatic N) is 2. The van der Waals surface area contributed by atoms with Crippen LogP contribution in [0.25, 0.3) is 11.1 Å². The molecule has 2 heterocycles. The summed E-state index contributed by atoms with van der Waals surface area (Å²) in [5, 5.41) is 22.9. The smallest absolute Gasteiger partial charge is 0.224 e. The summed E-state index contributed by atoms with van der Waals surface area (Å²) in [6.45, 7) is 0.388. The second-order valence-corrected chi connectivity index (χ2v) is 13.4. The van der Waals surface area contributed by atoms with Crippen LogP contribution >= 0.6 is 11.8 Å². The molecule has 51 heavy (non-hydrogen) atoms. The van der Waals surface area contributed by atoms with Crippen LogP contribution in [-0.2, 0) is 32.2 Å². The first-order valence-electron chi connectivity index (χ1n) is 17.0. The number of benzene rings is 4. The normalized spacial score (nSPS) is 17.2. The molecule has 0 bridgehead atoms. The number of hydrogen-bond acceptors (Lipinski definition) is 9. The highest BCUT2D eigenvalue weighted by Crippen LogP contribution is 2.40. The van der Waals surface area contributed by atoms with Crippen LogP contribution in [0.5, 0.6) is 0 Å². The lowest BCUT2D eigenvalue weighted by Crippen LogP contribution is -2.31. The van der Waals surface area contributed by atoms with Gasteiger partial charge in [0.2, 0.25) is 11.8 Å². The third-order valence-electron chi connectivity index (χ3n) is 8.62. The monoisotopic (exact) mass is 706 g/mol. The Labute approximate surface area is 301 Å². The molecule has 0 aliphatic carbocycles. The molecule has 2 amide bonds. The van der Waals surface area contributed by atoms with Gasteiger partial charge in [0.1, 0.15) is 6.33 Å². The number of thioether (sulfide) groups is 1. The quantitative estimate of drug-likeness (QED) is 0.0453. The van der Waals surface area contributed by atoms with Gasteiger partial charge in [0.25, 0.3) is 0 Å². The van der Waals surface area contributed by atoms with E-state index in [2.05, 4.69) is 44.0 Å². The van der Waals surface area contributed by atoms with Crippen molar-refractivity contribution in [3.63, 3.8) is 0 Å². The molecule has 0 radical (unpaired) electrons. The minimum Gasteiger partial charge on any atom is -0.397 e. The van der Waals surface area contributed by atoms with Crippen LogP contribution in [0.2, 0.25) is 0 Å². The van der Waals surface area contributed by atoms with Gasteiger partial charge in [-0.1, -0.05) is 84.6 Å². The molecule has 1 aromatic heterocycles. The van der Waals surface area contributed by atoms with E-state index in [1.165, 1.54) is 6.33 Å². The Morgan fingerprint density at radius 1 is 0.863 bits per heavy atom. The first kappa shape index (κ1) is 35.8. The van der Waals surface area contributed by atoms with Crippen molar-refractivity contribution in [2.45, 2.75) is 68.9 Å². The first-order chi connectivity index (χ1) is 24.9. The highest BCUT2D eigenvalue weighted by molar-refractivity contribution is 7.99. The van der Waals surface area contributed by atoms with Crippen LogP contribution in [0.4, 0.5) is 11.4 Å². The Kier molecular flexibility index (Phi) is 12.5. The number of nitrogens with two attached hydrogens (primary N) is 1. The molecule has 0 saturated carbocycles. The minimum absolute atomic E-state index is 0.0116. The summed E-state index contributed by atoms with van der Waals surface area (Å²) in [7, 11) is 0. The van der Waals surface area contributed by atoms with Gasteiger partial charge < -0.3 is 30.9 Å². The largest absolute Gasteiger partial charge is 0.397 e. The Morgan fingerprint density at radius 3 is 2.39 bits per heavy atom. The third-order valence-corrected chi connectivity index (χ3v) is 9.62. The number of rotatable bonds is 15. The zero-order valence-corrected chi connectivity index (χ0v) is 29.0. The number of aromatic amines is 1. The van der Waals surface area contributed by atoms with Gasteiger partial charge in [-0.2, -0.15) is 5.10 Å². The Bertz CT molecular complexity index is 1890. The number of nitrogens with one attached hydrogen (secondary N) is 3. The molecule has 1 saturated heterocycles. The molecule has 6 rings (SSSR count). The second-order valence-electron chi connectivity index (χ2n) is 12.4. The van der Waals surface area contributed by atoms with E-state index in [0.29, 0.717) is 55.8 Å². The summed E-state index contributed by atoms with van der Waals surface area (Å²) < 4.78 is 13.1. The molecule has 0 unspecified atom stereocenters. The van der Waals surface area contributed by atoms with Crippen LogP contribution in [0.3, 0.4) is 0 Å². The van der Waals surface area contributed by atoms with Crippen LogP contribution < -0.4 is 16.4 Å². The first-order valence-corrected chi connectivity index (χ1v) is 18.0. The van der Waals surface area contributed by atoms with E-state index >= 15 is 0 Å². The third kappa shape index (κ3) is 10.3. The van der Waals surface area contributed by atoms with Crippen molar-refractivity contribution in [3.05, 3.63) is 126 Å². The number of unbranched alkanes of at least 4 members (excludes halogenated alkanes) is 1. The molecule has 0 spiro atoms. The van der Waals surface area contributed by atoms with E-state index < -0.39 is 6.29 Å². The van der Waals surface area contributed by atoms with Gasteiger partial charge in [-0.15, -0.1) is 0 Å². The van der Waals surface area contributed by atoms with Gasteiger partial charge in [-0.05, 0) is 64.9 Å². The zero-order valence-electron chi connectivity index (χ0n) is 28.2. The molecule has 1 aliphatic heterocycles. The fourth-order valence-corrected chi connectivity index (χ4v) is 6.67. The Morgan fingerprint density at radius 2 is 1.63 bits per heavy atom. The maximum Gasteiger partial charge on any atom is 0.224 e. The maximum atomic E-state index is 12.6. The average Bonchev–Trinajstić information content (AvgIpc) is 3.70. The summed E-state index contributed by atoms with van der Waals surface area (Å²) >= 11 is 1.56. The number of anilines is 2. The van der Waals surface area contributed by atoms with Crippen molar-refractivity contribution >= 4 is 35.0 Å². The van der Waals surface area contributed by atoms with Crippen LogP contribution in [-0.4, -0.2) is 44.0 Å². The van der Waals surface area contributed by atoms with E-state index in [0.717, 1.165) is 38.5 Å². The van der Waals surface area contributed by atoms with Gasteiger partial charge in [0, 0.05) is 37.1 Å². The van der Waals surface area contributed by atoms with E-state index in [9.17, 15) is 14.7 Å². The Balaban J connectivity index is 1.04. The van der Waals surface area contributed by atoms with Gasteiger partial charge in [0.05, 0.1) is 30.2 Å². The zero-order chi connectivity index (χ0) is 35.4. The summed E-state index contributed by atoms with van der Waals surface area (Å²) in [5.41, 5.74) is 12.8. The molecule has 6 N–H and O–H groups in total. The van der Waals surface area contributed by atoms with E-state index in [-0.39, 0.29) is 30.6 Å². The molecule has 3 atom stereocenters. The van der Waals surface area contributed by atoms with Crippen molar-refractivity contribution in [2.75, 3.05) is 16.8 Å². The number of para-hydroxylation sites is 2. The van der Waals surface area contributed by atoms with Gasteiger partial charge in [-0.3, -0.25) is 14.7 Å². The van der Waals surface area contributed by atoms with Gasteiger partial charge in [-0.25, -0.2) is 4.98 Å². The molecule has 5 aromatic rings. The van der Waals surface area contributed by atoms with E-state index in [1.54, 1.807) is 23.9 Å². The molecular weight excluding hydrogens is 665 g/mol. The maximum absolute atomic E-state index is 12.6. The SMILES string of the molecule is Nc1ccccc1NC(=O)CCCCC(=O)NCc1cccc(-c2cccc([C@H]3O[C@@H](CSc4ncn[nH]4)C[C@@H](c4ccc(CO)cc4)O3)c2)c1. The number of aromatic nitrogens is 3. The number of nitrogen functional groups attached to an aromatic ring is 1. The van der Waals surface area contributed by atoms with Crippen LogP contribution in [0.15, 0.2) is 109 Å². The molecule has 264 valence electrons. The van der Waals surface area contributed by atoms with Gasteiger partial charge >= 0.3 is 0 Å². The number of H-pyrrole nitrogens is 1. The van der Waals surface area contributed by atoms with Crippen molar-refractivity contribution < 1.29 is 24.2 Å². The second kappa shape index (κ2) is 17.8. The molecule has 1 aliphatic rings. The highest BCUT2D eigenvalue weighted by Gasteiger charge is 2.32. The number of aliphatic hydroxyl groups excluding tert-OH is 1. The molecule has 4 aromatic carbocycles. The average molecular weight is 707 g/mol. The van der Waals surface area contributed by atoms with Gasteiger partial charge in [0.15, 0.2) is 11.4 Å². The number of aliphatic hydroxyl groups is 1. The highest BCUT2D eigenvalue weighted by atomic mass is 32.2. The molecule has 12 heteroatoms. The summed E-state index contributed by atoms with van der Waals surface area (Å²) in [6, 6.07) is 31.2. The number of hydrogen-bond donors (Lipinski definition) is 5. The number of ether oxygens (including phenoxy) is 2. The number of carbonyl (C=O) groups is 2. The van der Waals surface area contributed by atoms with Crippen molar-refractivity contribution in [3.8, 4) is 11.1 Å².